The van der Waals surface area contributed by atoms with E-state index in [0.717, 1.165) is 30.7 Å². The monoisotopic (exact) mass is 290 g/mol. The number of nitrogens with two attached hydrogens (primary N) is 1. The van der Waals surface area contributed by atoms with Crippen LogP contribution >= 0.6 is 0 Å². The highest BCUT2D eigenvalue weighted by atomic mass is 16.5. The molecule has 2 atom stereocenters. The smallest absolute Gasteiger partial charge is 0.226 e. The second-order valence-electron chi connectivity index (χ2n) is 6.02. The molecule has 4 heteroatoms. The van der Waals surface area contributed by atoms with Gasteiger partial charge in [0.25, 0.3) is 0 Å². The Morgan fingerprint density at radius 1 is 1.48 bits per heavy atom. The predicted molar refractivity (Wildman–Crippen MR) is 84.2 cm³/mol. The fourth-order valence-corrected chi connectivity index (χ4v) is 2.91. The largest absolute Gasteiger partial charge is 0.493 e. The Kier molecular flexibility index (Phi) is 5.62. The van der Waals surface area contributed by atoms with Crippen LogP contribution < -0.4 is 10.5 Å². The average molecular weight is 290 g/mol. The molecule has 1 aromatic rings. The minimum Gasteiger partial charge on any atom is -0.493 e. The van der Waals surface area contributed by atoms with E-state index in [4.69, 9.17) is 10.5 Å². The van der Waals surface area contributed by atoms with Crippen LogP contribution in [0.4, 0.5) is 0 Å². The summed E-state index contributed by atoms with van der Waals surface area (Å²) in [5.74, 6) is 1.64. The van der Waals surface area contributed by atoms with Crippen molar-refractivity contribution in [2.24, 2.45) is 11.7 Å². The third kappa shape index (κ3) is 4.46. The van der Waals surface area contributed by atoms with Crippen molar-refractivity contribution >= 4 is 5.91 Å². The van der Waals surface area contributed by atoms with Crippen LogP contribution in [0.15, 0.2) is 24.3 Å². The average Bonchev–Trinajstić information content (AvgIpc) is 2.47. The van der Waals surface area contributed by atoms with Gasteiger partial charge in [-0.25, -0.2) is 0 Å². The number of likely N-dealkylation sites (tertiary alicyclic amines) is 1. The van der Waals surface area contributed by atoms with Crippen LogP contribution in [-0.2, 0) is 4.79 Å². The minimum absolute atomic E-state index is 0.157. The summed E-state index contributed by atoms with van der Waals surface area (Å²) in [6, 6.07) is 8.08. The number of nitrogens with zero attached hydrogens (tertiary/aromatic N) is 1. The standard InChI is InChI=1S/C17H26N2O2/c1-13-4-3-5-16(11-13)21-9-7-17(20)19-8-6-14(2)10-15(19)12-18/h3-5,11,14-15H,6-10,12,18H2,1-2H3. The lowest BCUT2D eigenvalue weighted by Crippen LogP contribution is -2.49. The Bertz CT molecular complexity index is 476. The van der Waals surface area contributed by atoms with Gasteiger partial charge in [0.1, 0.15) is 5.75 Å². The van der Waals surface area contributed by atoms with Gasteiger partial charge in [0.2, 0.25) is 5.91 Å². The molecule has 0 radical (unpaired) electrons. The first-order valence-corrected chi connectivity index (χ1v) is 7.79. The van der Waals surface area contributed by atoms with Gasteiger partial charge in [-0.3, -0.25) is 4.79 Å². The molecule has 21 heavy (non-hydrogen) atoms. The molecular weight excluding hydrogens is 264 g/mol. The first kappa shape index (κ1) is 15.8. The summed E-state index contributed by atoms with van der Waals surface area (Å²) in [6.45, 7) is 6.05. The molecule has 2 N–H and O–H groups in total. The van der Waals surface area contributed by atoms with Crippen LogP contribution in [0.1, 0.15) is 31.7 Å². The Morgan fingerprint density at radius 3 is 3.00 bits per heavy atom. The van der Waals surface area contributed by atoms with E-state index in [1.807, 2.05) is 36.1 Å². The maximum atomic E-state index is 12.3. The highest BCUT2D eigenvalue weighted by Gasteiger charge is 2.28. The number of carbonyl (C=O) groups excluding carboxylic acids is 1. The molecule has 1 fully saturated rings. The Morgan fingerprint density at radius 2 is 2.29 bits per heavy atom. The van der Waals surface area contributed by atoms with E-state index in [1.54, 1.807) is 0 Å². The highest BCUT2D eigenvalue weighted by molar-refractivity contribution is 5.76. The molecule has 2 unspecified atom stereocenters. The van der Waals surface area contributed by atoms with Crippen molar-refractivity contribution in [2.75, 3.05) is 19.7 Å². The summed E-state index contributed by atoms with van der Waals surface area (Å²) < 4.78 is 5.66. The van der Waals surface area contributed by atoms with Gasteiger partial charge in [-0.05, 0) is 43.4 Å². The predicted octanol–water partition coefficient (Wildman–Crippen LogP) is 2.35. The van der Waals surface area contributed by atoms with Gasteiger partial charge in [-0.1, -0.05) is 19.1 Å². The summed E-state index contributed by atoms with van der Waals surface area (Å²) >= 11 is 0. The fourth-order valence-electron chi connectivity index (χ4n) is 2.91. The zero-order valence-electron chi connectivity index (χ0n) is 13.0. The lowest BCUT2D eigenvalue weighted by atomic mass is 9.92. The molecular formula is C17H26N2O2. The Labute approximate surface area is 127 Å². The number of piperidine rings is 1. The van der Waals surface area contributed by atoms with E-state index < -0.39 is 0 Å². The van der Waals surface area contributed by atoms with Gasteiger partial charge >= 0.3 is 0 Å². The molecule has 2 rings (SSSR count). The third-order valence-corrected chi connectivity index (χ3v) is 4.14. The molecule has 0 aromatic heterocycles. The molecule has 1 amide bonds. The first-order valence-electron chi connectivity index (χ1n) is 7.79. The van der Waals surface area contributed by atoms with Crippen molar-refractivity contribution < 1.29 is 9.53 Å². The lowest BCUT2D eigenvalue weighted by Gasteiger charge is -2.38. The highest BCUT2D eigenvalue weighted by Crippen LogP contribution is 2.22. The quantitative estimate of drug-likeness (QED) is 0.905. The SMILES string of the molecule is Cc1cccc(OCCC(=O)N2CCC(C)CC2CN)c1. The Balaban J connectivity index is 1.81. The van der Waals surface area contributed by atoms with Gasteiger partial charge in [0.15, 0.2) is 0 Å². The molecule has 116 valence electrons. The van der Waals surface area contributed by atoms with Crippen molar-refractivity contribution in [3.63, 3.8) is 0 Å². The summed E-state index contributed by atoms with van der Waals surface area (Å²) in [5.41, 5.74) is 6.96. The number of ether oxygens (including phenoxy) is 1. The van der Waals surface area contributed by atoms with Gasteiger partial charge < -0.3 is 15.4 Å². The maximum Gasteiger partial charge on any atom is 0.226 e. The second-order valence-corrected chi connectivity index (χ2v) is 6.02. The summed E-state index contributed by atoms with van der Waals surface area (Å²) in [5, 5.41) is 0. The van der Waals surface area contributed by atoms with E-state index in [1.165, 1.54) is 0 Å². The van der Waals surface area contributed by atoms with Crippen LogP contribution in [0.2, 0.25) is 0 Å². The van der Waals surface area contributed by atoms with Crippen LogP contribution in [0.3, 0.4) is 0 Å². The molecule has 1 saturated heterocycles. The van der Waals surface area contributed by atoms with E-state index in [-0.39, 0.29) is 11.9 Å². The number of hydrogen-bond donors (Lipinski definition) is 1. The van der Waals surface area contributed by atoms with E-state index in [9.17, 15) is 4.79 Å². The fraction of sp³-hybridized carbons (Fsp3) is 0.588. The van der Waals surface area contributed by atoms with E-state index >= 15 is 0 Å². The number of aryl methyl sites for hydroxylation is 1. The van der Waals surface area contributed by atoms with Crippen LogP contribution in [0.5, 0.6) is 5.75 Å². The normalized spacial score (nSPS) is 22.1. The van der Waals surface area contributed by atoms with Crippen LogP contribution in [-0.4, -0.2) is 36.5 Å². The molecule has 1 aliphatic rings. The molecule has 1 aliphatic heterocycles. The first-order chi connectivity index (χ1) is 10.1. The molecule has 0 saturated carbocycles. The van der Waals surface area contributed by atoms with Crippen molar-refractivity contribution in [2.45, 2.75) is 39.2 Å². The second kappa shape index (κ2) is 7.46. The van der Waals surface area contributed by atoms with Gasteiger partial charge in [0, 0.05) is 19.1 Å². The molecule has 1 aromatic carbocycles. The van der Waals surface area contributed by atoms with Crippen molar-refractivity contribution in [3.8, 4) is 5.75 Å². The molecule has 0 aliphatic carbocycles. The van der Waals surface area contributed by atoms with Crippen LogP contribution in [0.25, 0.3) is 0 Å². The number of amides is 1. The summed E-state index contributed by atoms with van der Waals surface area (Å²) in [6.07, 6.45) is 2.50. The van der Waals surface area contributed by atoms with Gasteiger partial charge in [-0.2, -0.15) is 0 Å². The zero-order chi connectivity index (χ0) is 15.2. The third-order valence-electron chi connectivity index (χ3n) is 4.14. The van der Waals surface area contributed by atoms with Crippen molar-refractivity contribution in [3.05, 3.63) is 29.8 Å². The summed E-state index contributed by atoms with van der Waals surface area (Å²) in [4.78, 5) is 14.3. The minimum atomic E-state index is 0.157. The topological polar surface area (TPSA) is 55.6 Å². The molecule has 0 spiro atoms. The van der Waals surface area contributed by atoms with Crippen molar-refractivity contribution in [1.29, 1.82) is 0 Å². The van der Waals surface area contributed by atoms with Crippen molar-refractivity contribution in [1.82, 2.24) is 4.90 Å². The maximum absolute atomic E-state index is 12.3. The van der Waals surface area contributed by atoms with Crippen LogP contribution in [0, 0.1) is 12.8 Å². The molecule has 0 bridgehead atoms. The zero-order valence-corrected chi connectivity index (χ0v) is 13.0. The molecule has 1 heterocycles. The van der Waals surface area contributed by atoms with Gasteiger partial charge in [0.05, 0.1) is 13.0 Å². The van der Waals surface area contributed by atoms with Gasteiger partial charge in [-0.15, -0.1) is 0 Å². The number of rotatable bonds is 5. The number of carbonyl (C=O) groups is 1. The number of benzene rings is 1. The number of hydrogen-bond acceptors (Lipinski definition) is 3. The lowest BCUT2D eigenvalue weighted by molar-refractivity contribution is -0.135. The summed E-state index contributed by atoms with van der Waals surface area (Å²) in [7, 11) is 0. The van der Waals surface area contributed by atoms with E-state index in [0.29, 0.717) is 25.5 Å². The Hall–Kier alpha value is -1.55. The van der Waals surface area contributed by atoms with E-state index in [2.05, 4.69) is 6.92 Å². The molecule has 4 nitrogen and oxygen atoms in total.